The molecule has 1 amide bonds. The van der Waals surface area contributed by atoms with Crippen LogP contribution in [0.4, 0.5) is 5.13 Å². The van der Waals surface area contributed by atoms with Crippen molar-refractivity contribution in [1.82, 2.24) is 19.9 Å². The minimum absolute atomic E-state index is 0.0594. The van der Waals surface area contributed by atoms with Gasteiger partial charge in [-0.2, -0.15) is 0 Å². The zero-order valence-corrected chi connectivity index (χ0v) is 17.0. The summed E-state index contributed by atoms with van der Waals surface area (Å²) in [6.07, 6.45) is 1.59. The van der Waals surface area contributed by atoms with E-state index in [1.807, 2.05) is 35.2 Å². The Morgan fingerprint density at radius 2 is 2.00 bits per heavy atom. The van der Waals surface area contributed by atoms with Gasteiger partial charge in [-0.3, -0.25) is 19.0 Å². The summed E-state index contributed by atoms with van der Waals surface area (Å²) in [5.74, 6) is -0.229. The van der Waals surface area contributed by atoms with E-state index in [1.165, 1.54) is 29.9 Å². The van der Waals surface area contributed by atoms with Crippen molar-refractivity contribution in [3.63, 3.8) is 0 Å². The molecule has 1 fully saturated rings. The minimum Gasteiger partial charge on any atom is -0.350 e. The highest BCUT2D eigenvalue weighted by Gasteiger charge is 2.33. The van der Waals surface area contributed by atoms with Crippen molar-refractivity contribution in [2.24, 2.45) is 7.05 Å². The fourth-order valence-electron chi connectivity index (χ4n) is 3.55. The Kier molecular flexibility index (Phi) is 5.14. The molecule has 1 saturated heterocycles. The molecule has 0 aliphatic carbocycles. The van der Waals surface area contributed by atoms with Gasteiger partial charge in [-0.25, -0.2) is 9.97 Å². The van der Waals surface area contributed by atoms with E-state index < -0.39 is 0 Å². The van der Waals surface area contributed by atoms with Crippen molar-refractivity contribution < 1.29 is 9.59 Å². The minimum atomic E-state index is -0.355. The number of amides is 1. The molecule has 150 valence electrons. The number of carbonyl (C=O) groups excluding carboxylic acids is 2. The number of ketones is 1. The Morgan fingerprint density at radius 3 is 2.72 bits per heavy atom. The van der Waals surface area contributed by atoms with Gasteiger partial charge in [0, 0.05) is 27.1 Å². The van der Waals surface area contributed by atoms with Crippen LogP contribution in [-0.2, 0) is 18.4 Å². The lowest BCUT2D eigenvalue weighted by Gasteiger charge is -2.23. The van der Waals surface area contributed by atoms with Gasteiger partial charge in [0.25, 0.3) is 5.56 Å². The average molecular weight is 411 g/mol. The molecule has 0 radical (unpaired) electrons. The molecule has 8 nitrogen and oxygen atoms in total. The first kappa shape index (κ1) is 19.3. The highest BCUT2D eigenvalue weighted by atomic mass is 32.1. The van der Waals surface area contributed by atoms with Gasteiger partial charge in [-0.05, 0) is 18.4 Å². The quantitative estimate of drug-likeness (QED) is 0.644. The summed E-state index contributed by atoms with van der Waals surface area (Å²) in [6, 6.07) is 9.41. The first-order valence-electron chi connectivity index (χ1n) is 9.42. The van der Waals surface area contributed by atoms with E-state index in [9.17, 15) is 14.4 Å². The van der Waals surface area contributed by atoms with Crippen molar-refractivity contribution in [3.8, 4) is 0 Å². The number of nitrogens with one attached hydrogen (secondary N) is 1. The number of nitrogens with zero attached hydrogens (tertiary/aromatic N) is 4. The van der Waals surface area contributed by atoms with Gasteiger partial charge < -0.3 is 10.2 Å². The molecule has 4 rings (SSSR count). The molecular weight excluding hydrogens is 390 g/mol. The summed E-state index contributed by atoms with van der Waals surface area (Å²) < 4.78 is 1.22. The highest BCUT2D eigenvalue weighted by Crippen LogP contribution is 2.31. The second-order valence-corrected chi connectivity index (χ2v) is 8.02. The van der Waals surface area contributed by atoms with Crippen LogP contribution < -0.4 is 15.8 Å². The molecule has 1 aliphatic heterocycles. The number of Topliss-reactive ketones (excluding diaryl/α,β-unsaturated/α-hetero) is 1. The van der Waals surface area contributed by atoms with Crippen molar-refractivity contribution in [2.45, 2.75) is 32.4 Å². The lowest BCUT2D eigenvalue weighted by Crippen LogP contribution is -2.43. The van der Waals surface area contributed by atoms with E-state index in [-0.39, 0.29) is 34.6 Å². The second-order valence-electron chi connectivity index (χ2n) is 7.06. The van der Waals surface area contributed by atoms with Gasteiger partial charge >= 0.3 is 0 Å². The van der Waals surface area contributed by atoms with Crippen LogP contribution in [0, 0.1) is 0 Å². The molecule has 1 aliphatic rings. The van der Waals surface area contributed by atoms with Gasteiger partial charge in [0.05, 0.1) is 0 Å². The Balaban J connectivity index is 1.59. The van der Waals surface area contributed by atoms with Crippen LogP contribution in [0.3, 0.4) is 0 Å². The van der Waals surface area contributed by atoms with Crippen LogP contribution in [0.2, 0.25) is 0 Å². The first-order chi connectivity index (χ1) is 14.0. The Bertz CT molecular complexity index is 1140. The number of carbonyl (C=O) groups is 2. The van der Waals surface area contributed by atoms with E-state index in [0.717, 1.165) is 18.4 Å². The third-order valence-corrected chi connectivity index (χ3v) is 6.04. The first-order valence-corrected chi connectivity index (χ1v) is 10.2. The van der Waals surface area contributed by atoms with Crippen molar-refractivity contribution in [1.29, 1.82) is 0 Å². The van der Waals surface area contributed by atoms with Crippen LogP contribution >= 0.6 is 11.3 Å². The number of rotatable bonds is 5. The van der Waals surface area contributed by atoms with E-state index >= 15 is 0 Å². The summed E-state index contributed by atoms with van der Waals surface area (Å²) in [5.41, 5.74) is 0.912. The maximum Gasteiger partial charge on any atom is 0.281 e. The zero-order chi connectivity index (χ0) is 20.5. The maximum absolute atomic E-state index is 12.8. The summed E-state index contributed by atoms with van der Waals surface area (Å²) >= 11 is 1.24. The highest BCUT2D eigenvalue weighted by molar-refractivity contribution is 7.21. The number of anilines is 1. The Morgan fingerprint density at radius 1 is 1.24 bits per heavy atom. The van der Waals surface area contributed by atoms with E-state index in [2.05, 4.69) is 15.3 Å². The molecule has 3 heterocycles. The van der Waals surface area contributed by atoms with Gasteiger partial charge in [-0.15, -0.1) is 0 Å². The van der Waals surface area contributed by atoms with Gasteiger partial charge in [-0.1, -0.05) is 41.7 Å². The van der Waals surface area contributed by atoms with E-state index in [1.54, 1.807) is 0 Å². The molecule has 1 N–H and O–H groups in total. The van der Waals surface area contributed by atoms with Crippen molar-refractivity contribution >= 4 is 38.5 Å². The molecule has 0 spiro atoms. The van der Waals surface area contributed by atoms with Gasteiger partial charge in [0.2, 0.25) is 5.91 Å². The second kappa shape index (κ2) is 7.75. The molecule has 1 atom stereocenters. The predicted molar refractivity (Wildman–Crippen MR) is 111 cm³/mol. The van der Waals surface area contributed by atoms with Crippen molar-refractivity contribution in [2.75, 3.05) is 11.4 Å². The number of hydrogen-bond donors (Lipinski definition) is 1. The fourth-order valence-corrected chi connectivity index (χ4v) is 4.56. The van der Waals surface area contributed by atoms with Crippen LogP contribution in [-0.4, -0.2) is 38.8 Å². The molecule has 9 heteroatoms. The van der Waals surface area contributed by atoms with Crippen LogP contribution in [0.25, 0.3) is 10.3 Å². The number of thiazole rings is 1. The summed E-state index contributed by atoms with van der Waals surface area (Å²) in [6.45, 7) is 2.53. The van der Waals surface area contributed by atoms with Crippen LogP contribution in [0.5, 0.6) is 0 Å². The molecule has 2 aromatic heterocycles. The number of aromatic nitrogens is 3. The summed E-state index contributed by atoms with van der Waals surface area (Å²) in [4.78, 5) is 48.2. The number of benzene rings is 1. The monoisotopic (exact) mass is 411 g/mol. The Hall–Kier alpha value is -3.07. The topological polar surface area (TPSA) is 97.2 Å². The van der Waals surface area contributed by atoms with Gasteiger partial charge in [0.1, 0.15) is 6.04 Å². The Labute approximate surface area is 171 Å². The standard InChI is InChI=1S/C20H21N5O3S/c1-12(26)16-23-18-15(19(28)24(16)2)22-20(29-18)25-10-6-9-14(25)17(27)21-11-13-7-4-3-5-8-13/h3-5,7-8,14H,6,9-11H2,1-2H3,(H,21,27). The lowest BCUT2D eigenvalue weighted by molar-refractivity contribution is -0.122. The zero-order valence-electron chi connectivity index (χ0n) is 16.2. The maximum atomic E-state index is 12.8. The van der Waals surface area contributed by atoms with E-state index in [4.69, 9.17) is 0 Å². The largest absolute Gasteiger partial charge is 0.350 e. The predicted octanol–water partition coefficient (Wildman–Crippen LogP) is 1.88. The SMILES string of the molecule is CC(=O)c1nc2sc(N3CCCC3C(=O)NCc3ccccc3)nc2c(=O)n1C. The molecule has 0 bridgehead atoms. The summed E-state index contributed by atoms with van der Waals surface area (Å²) in [7, 11) is 1.51. The van der Waals surface area contributed by atoms with Crippen LogP contribution in [0.15, 0.2) is 35.1 Å². The molecule has 29 heavy (non-hydrogen) atoms. The lowest BCUT2D eigenvalue weighted by atomic mass is 10.2. The van der Waals surface area contributed by atoms with Crippen LogP contribution in [0.1, 0.15) is 35.9 Å². The van der Waals surface area contributed by atoms with E-state index in [0.29, 0.717) is 23.1 Å². The van der Waals surface area contributed by atoms with Crippen molar-refractivity contribution in [3.05, 3.63) is 52.1 Å². The molecular formula is C20H21N5O3S. The third kappa shape index (κ3) is 3.65. The molecule has 0 saturated carbocycles. The summed E-state index contributed by atoms with van der Waals surface area (Å²) in [5, 5.41) is 3.57. The fraction of sp³-hybridized carbons (Fsp3) is 0.350. The average Bonchev–Trinajstić information content (AvgIpc) is 3.36. The number of fused-ring (bicyclic) bond motifs is 1. The molecule has 1 unspecified atom stereocenters. The normalized spacial score (nSPS) is 16.3. The smallest absolute Gasteiger partial charge is 0.281 e. The molecule has 1 aromatic carbocycles. The van der Waals surface area contributed by atoms with Gasteiger partial charge in [0.15, 0.2) is 27.1 Å². The molecule has 3 aromatic rings. The third-order valence-electron chi connectivity index (χ3n) is 5.06. The number of hydrogen-bond acceptors (Lipinski definition) is 7.